The van der Waals surface area contributed by atoms with Gasteiger partial charge in [0.1, 0.15) is 0 Å². The van der Waals surface area contributed by atoms with Gasteiger partial charge in [0.15, 0.2) is 0 Å². The van der Waals surface area contributed by atoms with E-state index in [0.717, 1.165) is 27.6 Å². The predicted octanol–water partition coefficient (Wildman–Crippen LogP) is 3.24. The topological polar surface area (TPSA) is 30.7 Å². The average Bonchev–Trinajstić information content (AvgIpc) is 2.73. The van der Waals surface area contributed by atoms with Crippen LogP contribution >= 0.6 is 15.9 Å². The molecule has 2 aromatic heterocycles. The number of benzene rings is 1. The van der Waals surface area contributed by atoms with Crippen molar-refractivity contribution in [2.45, 2.75) is 6.54 Å². The van der Waals surface area contributed by atoms with E-state index in [9.17, 15) is 0 Å². The van der Waals surface area contributed by atoms with E-state index in [1.54, 1.807) is 6.20 Å². The Bertz CT molecular complexity index is 660. The molecule has 84 valence electrons. The molecule has 0 fully saturated rings. The Balaban J connectivity index is 2.00. The number of para-hydroxylation sites is 2. The summed E-state index contributed by atoms with van der Waals surface area (Å²) in [5.41, 5.74) is 3.32. The lowest BCUT2D eigenvalue weighted by Gasteiger charge is -2.04. The molecule has 1 aromatic carbocycles. The number of hydrogen-bond acceptors (Lipinski definition) is 2. The lowest BCUT2D eigenvalue weighted by Crippen LogP contribution is -1.98. The van der Waals surface area contributed by atoms with Crippen molar-refractivity contribution in [1.29, 1.82) is 0 Å². The van der Waals surface area contributed by atoms with Crippen molar-refractivity contribution in [3.8, 4) is 0 Å². The van der Waals surface area contributed by atoms with E-state index in [-0.39, 0.29) is 0 Å². The Kier molecular flexibility index (Phi) is 2.65. The highest BCUT2D eigenvalue weighted by molar-refractivity contribution is 9.10. The van der Waals surface area contributed by atoms with Crippen LogP contribution in [0, 0.1) is 0 Å². The molecule has 3 rings (SSSR count). The van der Waals surface area contributed by atoms with Gasteiger partial charge in [-0.25, -0.2) is 4.98 Å². The van der Waals surface area contributed by atoms with E-state index in [0.29, 0.717) is 0 Å². The van der Waals surface area contributed by atoms with Crippen LogP contribution in [0.25, 0.3) is 11.0 Å². The van der Waals surface area contributed by atoms with Crippen LogP contribution in [0.5, 0.6) is 0 Å². The van der Waals surface area contributed by atoms with Crippen LogP contribution in [0.3, 0.4) is 0 Å². The molecule has 0 N–H and O–H groups in total. The van der Waals surface area contributed by atoms with Gasteiger partial charge in [0.2, 0.25) is 0 Å². The number of aromatic nitrogens is 3. The normalized spacial score (nSPS) is 10.9. The van der Waals surface area contributed by atoms with Crippen LogP contribution in [0.1, 0.15) is 5.56 Å². The first kappa shape index (κ1) is 10.5. The smallest absolute Gasteiger partial charge is 0.0961 e. The van der Waals surface area contributed by atoms with E-state index in [1.807, 2.05) is 30.7 Å². The molecule has 0 unspecified atom stereocenters. The Morgan fingerprint density at radius 2 is 2.06 bits per heavy atom. The van der Waals surface area contributed by atoms with E-state index in [4.69, 9.17) is 0 Å². The molecule has 4 heteroatoms. The number of pyridine rings is 1. The van der Waals surface area contributed by atoms with Gasteiger partial charge in [0, 0.05) is 16.9 Å². The quantitative estimate of drug-likeness (QED) is 0.724. The van der Waals surface area contributed by atoms with Crippen molar-refractivity contribution >= 4 is 27.0 Å². The molecule has 0 atom stereocenters. The van der Waals surface area contributed by atoms with Gasteiger partial charge in [-0.1, -0.05) is 12.1 Å². The second kappa shape index (κ2) is 4.30. The average molecular weight is 288 g/mol. The minimum atomic E-state index is 0.785. The zero-order valence-electron chi connectivity index (χ0n) is 9.05. The maximum atomic E-state index is 4.37. The SMILES string of the molecule is Brc1cncc(Cn2cnc3ccccc32)c1. The molecule has 0 aliphatic carbocycles. The largest absolute Gasteiger partial charge is 0.326 e. The molecule has 0 saturated heterocycles. The van der Waals surface area contributed by atoms with Crippen LogP contribution < -0.4 is 0 Å². The number of nitrogens with zero attached hydrogens (tertiary/aromatic N) is 3. The van der Waals surface area contributed by atoms with Crippen molar-refractivity contribution in [2.24, 2.45) is 0 Å². The first-order valence-electron chi connectivity index (χ1n) is 5.32. The molecular weight excluding hydrogens is 278 g/mol. The van der Waals surface area contributed by atoms with Gasteiger partial charge in [-0.15, -0.1) is 0 Å². The fourth-order valence-corrected chi connectivity index (χ4v) is 2.29. The first-order valence-corrected chi connectivity index (χ1v) is 6.11. The summed E-state index contributed by atoms with van der Waals surface area (Å²) < 4.78 is 3.12. The predicted molar refractivity (Wildman–Crippen MR) is 70.8 cm³/mol. The van der Waals surface area contributed by atoms with Crippen molar-refractivity contribution in [3.05, 3.63) is 59.1 Å². The van der Waals surface area contributed by atoms with Crippen molar-refractivity contribution in [2.75, 3.05) is 0 Å². The maximum absolute atomic E-state index is 4.37. The summed E-state index contributed by atoms with van der Waals surface area (Å²) in [6.07, 6.45) is 5.53. The third kappa shape index (κ3) is 2.08. The fourth-order valence-electron chi connectivity index (χ4n) is 1.88. The summed E-state index contributed by atoms with van der Waals surface area (Å²) in [7, 11) is 0. The Hall–Kier alpha value is -1.68. The van der Waals surface area contributed by atoms with Gasteiger partial charge in [-0.2, -0.15) is 0 Å². The first-order chi connectivity index (χ1) is 8.33. The van der Waals surface area contributed by atoms with E-state index in [1.165, 1.54) is 0 Å². The standard InChI is InChI=1S/C13H10BrN3/c14-11-5-10(6-15-7-11)8-17-9-16-12-3-1-2-4-13(12)17/h1-7,9H,8H2. The highest BCUT2D eigenvalue weighted by Gasteiger charge is 2.02. The van der Waals surface area contributed by atoms with Crippen LogP contribution in [-0.4, -0.2) is 14.5 Å². The summed E-state index contributed by atoms with van der Waals surface area (Å²) in [6.45, 7) is 0.785. The van der Waals surface area contributed by atoms with Gasteiger partial charge in [-0.3, -0.25) is 4.98 Å². The highest BCUT2D eigenvalue weighted by Crippen LogP contribution is 2.15. The molecule has 2 heterocycles. The van der Waals surface area contributed by atoms with Gasteiger partial charge >= 0.3 is 0 Å². The van der Waals surface area contributed by atoms with Gasteiger partial charge in [-0.05, 0) is 39.7 Å². The lowest BCUT2D eigenvalue weighted by atomic mass is 10.2. The summed E-state index contributed by atoms with van der Waals surface area (Å²) in [6, 6.07) is 10.2. The summed E-state index contributed by atoms with van der Waals surface area (Å²) >= 11 is 3.43. The minimum absolute atomic E-state index is 0.785. The molecule has 0 aliphatic heterocycles. The third-order valence-electron chi connectivity index (χ3n) is 2.64. The van der Waals surface area contributed by atoms with E-state index in [2.05, 4.69) is 42.6 Å². The molecular formula is C13H10BrN3. The van der Waals surface area contributed by atoms with E-state index < -0.39 is 0 Å². The zero-order valence-corrected chi connectivity index (χ0v) is 10.6. The Morgan fingerprint density at radius 1 is 1.18 bits per heavy atom. The van der Waals surface area contributed by atoms with Crippen molar-refractivity contribution in [1.82, 2.24) is 14.5 Å². The highest BCUT2D eigenvalue weighted by atomic mass is 79.9. The third-order valence-corrected chi connectivity index (χ3v) is 3.08. The summed E-state index contributed by atoms with van der Waals surface area (Å²) in [4.78, 5) is 8.53. The molecule has 0 spiro atoms. The van der Waals surface area contributed by atoms with E-state index >= 15 is 0 Å². The second-order valence-electron chi connectivity index (χ2n) is 3.87. The molecule has 3 nitrogen and oxygen atoms in total. The molecule has 17 heavy (non-hydrogen) atoms. The molecule has 0 radical (unpaired) electrons. The summed E-state index contributed by atoms with van der Waals surface area (Å²) in [5.74, 6) is 0. The zero-order chi connectivity index (χ0) is 11.7. The molecule has 0 aliphatic rings. The van der Waals surface area contributed by atoms with Crippen molar-refractivity contribution < 1.29 is 0 Å². The number of fused-ring (bicyclic) bond motifs is 1. The Morgan fingerprint density at radius 3 is 2.94 bits per heavy atom. The number of hydrogen-bond donors (Lipinski definition) is 0. The van der Waals surface area contributed by atoms with Gasteiger partial charge in [0.05, 0.1) is 23.9 Å². The number of imidazole rings is 1. The minimum Gasteiger partial charge on any atom is -0.326 e. The van der Waals surface area contributed by atoms with Gasteiger partial charge in [0.25, 0.3) is 0 Å². The Labute approximate surface area is 107 Å². The molecule has 0 saturated carbocycles. The molecule has 3 aromatic rings. The summed E-state index contributed by atoms with van der Waals surface area (Å²) in [5, 5.41) is 0. The number of halogens is 1. The number of rotatable bonds is 2. The second-order valence-corrected chi connectivity index (χ2v) is 4.79. The molecule has 0 amide bonds. The van der Waals surface area contributed by atoms with Crippen LogP contribution in [0.2, 0.25) is 0 Å². The van der Waals surface area contributed by atoms with Gasteiger partial charge < -0.3 is 4.57 Å². The molecule has 0 bridgehead atoms. The fraction of sp³-hybridized carbons (Fsp3) is 0.0769. The van der Waals surface area contributed by atoms with Crippen LogP contribution in [-0.2, 0) is 6.54 Å². The maximum Gasteiger partial charge on any atom is 0.0961 e. The van der Waals surface area contributed by atoms with Crippen LogP contribution in [0.4, 0.5) is 0 Å². The monoisotopic (exact) mass is 287 g/mol. The van der Waals surface area contributed by atoms with Crippen molar-refractivity contribution in [3.63, 3.8) is 0 Å². The van der Waals surface area contributed by atoms with Crippen LogP contribution in [0.15, 0.2) is 53.5 Å². The lowest BCUT2D eigenvalue weighted by molar-refractivity contribution is 0.819.